The van der Waals surface area contributed by atoms with E-state index in [0.717, 1.165) is 16.5 Å². The van der Waals surface area contributed by atoms with Gasteiger partial charge < -0.3 is 20.2 Å². The zero-order chi connectivity index (χ0) is 17.8. The molecule has 0 aliphatic rings. The number of nitrogens with one attached hydrogen (secondary N) is 2. The molecule has 0 bridgehead atoms. The Labute approximate surface area is 143 Å². The number of benzene rings is 2. The van der Waals surface area contributed by atoms with Gasteiger partial charge in [-0.05, 0) is 49.7 Å². The third-order valence-electron chi connectivity index (χ3n) is 4.58. The van der Waals surface area contributed by atoms with Crippen LogP contribution in [-0.4, -0.2) is 25.2 Å². The van der Waals surface area contributed by atoms with Crippen LogP contribution in [0.25, 0.3) is 21.9 Å². The maximum atomic E-state index is 11.2. The van der Waals surface area contributed by atoms with E-state index in [1.165, 1.54) is 0 Å². The summed E-state index contributed by atoms with van der Waals surface area (Å²) in [5.41, 5.74) is 2.40. The summed E-state index contributed by atoms with van der Waals surface area (Å²) in [6, 6.07) is 10.6. The third-order valence-corrected chi connectivity index (χ3v) is 4.58. The van der Waals surface area contributed by atoms with Crippen LogP contribution < -0.4 is 0 Å². The number of phenolic OH excluding ortho intramolecular Hbond substituents is 1. The van der Waals surface area contributed by atoms with Gasteiger partial charge in [0, 0.05) is 22.7 Å². The van der Waals surface area contributed by atoms with Crippen LogP contribution in [0.4, 0.5) is 0 Å². The fraction of sp³-hybridized carbons (Fsp3) is 0.158. The first-order valence-electron chi connectivity index (χ1n) is 7.84. The number of fused-ring (bicyclic) bond motifs is 2. The number of hydrogen-bond acceptors (Lipinski definition) is 4. The van der Waals surface area contributed by atoms with Crippen molar-refractivity contribution in [2.24, 2.45) is 0 Å². The molecule has 4 rings (SSSR count). The summed E-state index contributed by atoms with van der Waals surface area (Å²) in [5, 5.41) is 31.5. The normalized spacial score (nSPS) is 13.8. The third kappa shape index (κ3) is 2.17. The summed E-state index contributed by atoms with van der Waals surface area (Å²) in [6.45, 7) is 3.48. The molecule has 0 radical (unpaired) electrons. The molecule has 2 aromatic heterocycles. The minimum atomic E-state index is -1.54. The molecule has 6 nitrogen and oxygen atoms in total. The van der Waals surface area contributed by atoms with E-state index >= 15 is 0 Å². The van der Waals surface area contributed by atoms with Gasteiger partial charge in [-0.15, -0.1) is 0 Å². The van der Waals surface area contributed by atoms with Gasteiger partial charge in [0.1, 0.15) is 17.2 Å². The first kappa shape index (κ1) is 15.2. The molecule has 0 saturated carbocycles. The second kappa shape index (κ2) is 5.10. The van der Waals surface area contributed by atoms with E-state index in [0.29, 0.717) is 28.0 Å². The highest BCUT2D eigenvalue weighted by atomic mass is 16.3. The SMILES string of the molecule is Cc1cc(O)c(C(C)(O)c2nc3ccc(C#N)cc3[nH]2)c2cc[nH]c12. The lowest BCUT2D eigenvalue weighted by Crippen LogP contribution is -2.25. The first-order valence-corrected chi connectivity index (χ1v) is 7.84. The number of phenols is 1. The second-order valence-electron chi connectivity index (χ2n) is 6.36. The number of nitriles is 1. The highest BCUT2D eigenvalue weighted by Gasteiger charge is 2.34. The van der Waals surface area contributed by atoms with Gasteiger partial charge in [-0.3, -0.25) is 0 Å². The first-order chi connectivity index (χ1) is 11.9. The van der Waals surface area contributed by atoms with Crippen LogP contribution in [0.2, 0.25) is 0 Å². The maximum Gasteiger partial charge on any atom is 0.148 e. The Balaban J connectivity index is 1.96. The van der Waals surface area contributed by atoms with Gasteiger partial charge in [-0.25, -0.2) is 4.98 Å². The molecule has 0 spiro atoms. The van der Waals surface area contributed by atoms with Crippen molar-refractivity contribution in [2.75, 3.05) is 0 Å². The molecule has 0 aliphatic heterocycles. The van der Waals surface area contributed by atoms with E-state index in [1.807, 2.05) is 13.0 Å². The van der Waals surface area contributed by atoms with Crippen LogP contribution in [0.5, 0.6) is 5.75 Å². The zero-order valence-corrected chi connectivity index (χ0v) is 13.8. The fourth-order valence-corrected chi connectivity index (χ4v) is 3.33. The van der Waals surface area contributed by atoms with Crippen molar-refractivity contribution in [1.82, 2.24) is 15.0 Å². The van der Waals surface area contributed by atoms with E-state index in [-0.39, 0.29) is 5.75 Å². The Kier molecular flexibility index (Phi) is 3.11. The predicted molar refractivity (Wildman–Crippen MR) is 94.2 cm³/mol. The molecule has 2 heterocycles. The van der Waals surface area contributed by atoms with Gasteiger partial charge >= 0.3 is 0 Å². The molecule has 4 N–H and O–H groups in total. The van der Waals surface area contributed by atoms with Crippen molar-refractivity contribution >= 4 is 21.9 Å². The molecule has 25 heavy (non-hydrogen) atoms. The van der Waals surface area contributed by atoms with Crippen molar-refractivity contribution in [3.05, 3.63) is 59.0 Å². The smallest absolute Gasteiger partial charge is 0.148 e. The Morgan fingerprint density at radius 3 is 2.80 bits per heavy atom. The van der Waals surface area contributed by atoms with Crippen molar-refractivity contribution in [1.29, 1.82) is 5.26 Å². The van der Waals surface area contributed by atoms with Gasteiger partial charge in [-0.1, -0.05) is 0 Å². The van der Waals surface area contributed by atoms with E-state index < -0.39 is 5.60 Å². The molecule has 0 fully saturated rings. The predicted octanol–water partition coefficient (Wildman–Crippen LogP) is 3.19. The molecule has 0 aliphatic carbocycles. The van der Waals surface area contributed by atoms with Gasteiger partial charge in [-0.2, -0.15) is 5.26 Å². The van der Waals surface area contributed by atoms with E-state index in [4.69, 9.17) is 5.26 Å². The minimum Gasteiger partial charge on any atom is -0.508 e. The molecule has 1 unspecified atom stereocenters. The number of rotatable bonds is 2. The monoisotopic (exact) mass is 332 g/mol. The Morgan fingerprint density at radius 1 is 1.24 bits per heavy atom. The lowest BCUT2D eigenvalue weighted by molar-refractivity contribution is 0.0923. The van der Waals surface area contributed by atoms with Gasteiger partial charge in [0.15, 0.2) is 0 Å². The molecular formula is C19H16N4O2. The number of nitrogens with zero attached hydrogens (tertiary/aromatic N) is 2. The van der Waals surface area contributed by atoms with Crippen LogP contribution in [0.1, 0.15) is 29.4 Å². The maximum absolute atomic E-state index is 11.2. The van der Waals surface area contributed by atoms with Crippen LogP contribution in [0.3, 0.4) is 0 Å². The average Bonchev–Trinajstić information content (AvgIpc) is 3.20. The molecular weight excluding hydrogens is 316 g/mol. The van der Waals surface area contributed by atoms with Gasteiger partial charge in [0.2, 0.25) is 0 Å². The fourth-order valence-electron chi connectivity index (χ4n) is 3.33. The number of imidazole rings is 1. The number of aryl methyl sites for hydroxylation is 1. The van der Waals surface area contributed by atoms with Crippen LogP contribution in [0, 0.1) is 18.3 Å². The Bertz CT molecular complexity index is 1160. The van der Waals surface area contributed by atoms with E-state index in [2.05, 4.69) is 21.0 Å². The number of aromatic hydroxyl groups is 1. The van der Waals surface area contributed by atoms with Crippen LogP contribution in [-0.2, 0) is 5.60 Å². The molecule has 6 heteroatoms. The van der Waals surface area contributed by atoms with Crippen LogP contribution in [0.15, 0.2) is 36.5 Å². The minimum absolute atomic E-state index is 0.00719. The average molecular weight is 332 g/mol. The summed E-state index contributed by atoms with van der Waals surface area (Å²) in [7, 11) is 0. The number of aromatic nitrogens is 3. The van der Waals surface area contributed by atoms with Crippen molar-refractivity contribution in [3.63, 3.8) is 0 Å². The molecule has 1 atom stereocenters. The summed E-state index contributed by atoms with van der Waals surface area (Å²) in [6.07, 6.45) is 1.77. The molecule has 2 aromatic carbocycles. The second-order valence-corrected chi connectivity index (χ2v) is 6.36. The summed E-state index contributed by atoms with van der Waals surface area (Å²) in [4.78, 5) is 10.7. The highest BCUT2D eigenvalue weighted by Crippen LogP contribution is 2.40. The molecule has 0 saturated heterocycles. The molecule has 4 aromatic rings. The van der Waals surface area contributed by atoms with Crippen molar-refractivity contribution in [2.45, 2.75) is 19.4 Å². The topological polar surface area (TPSA) is 109 Å². The van der Waals surface area contributed by atoms with E-state index in [9.17, 15) is 10.2 Å². The molecule has 0 amide bonds. The number of aliphatic hydroxyl groups is 1. The quantitative estimate of drug-likeness (QED) is 0.452. The highest BCUT2D eigenvalue weighted by molar-refractivity contribution is 5.89. The summed E-state index contributed by atoms with van der Waals surface area (Å²) >= 11 is 0. The van der Waals surface area contributed by atoms with Crippen molar-refractivity contribution < 1.29 is 10.2 Å². The largest absolute Gasteiger partial charge is 0.508 e. The zero-order valence-electron chi connectivity index (χ0n) is 13.8. The number of H-pyrrole nitrogens is 2. The Hall–Kier alpha value is -3.30. The Morgan fingerprint density at radius 2 is 2.04 bits per heavy atom. The summed E-state index contributed by atoms with van der Waals surface area (Å²) < 4.78 is 0. The number of hydrogen-bond donors (Lipinski definition) is 4. The number of aromatic amines is 2. The lowest BCUT2D eigenvalue weighted by Gasteiger charge is -2.24. The van der Waals surface area contributed by atoms with Gasteiger partial charge in [0.25, 0.3) is 0 Å². The summed E-state index contributed by atoms with van der Waals surface area (Å²) in [5.74, 6) is 0.312. The van der Waals surface area contributed by atoms with Gasteiger partial charge in [0.05, 0.1) is 22.7 Å². The van der Waals surface area contributed by atoms with E-state index in [1.54, 1.807) is 37.4 Å². The van der Waals surface area contributed by atoms with Crippen LogP contribution >= 0.6 is 0 Å². The molecule has 124 valence electrons. The lowest BCUT2D eigenvalue weighted by atomic mass is 9.90. The van der Waals surface area contributed by atoms with Crippen molar-refractivity contribution in [3.8, 4) is 11.8 Å². The standard InChI is InChI=1S/C19H16N4O2/c1-10-7-15(24)16(12-5-6-21-17(10)12)19(2,25)18-22-13-4-3-11(9-20)8-14(13)23-18/h3-8,21,24-25H,1-2H3,(H,22,23).